The fraction of sp³-hybridized carbons (Fsp3) is 0.393. The monoisotopic (exact) mass is 633 g/mol. The number of benzene rings is 2. The van der Waals surface area contributed by atoms with E-state index >= 15 is 0 Å². The quantitative estimate of drug-likeness (QED) is 0.315. The lowest BCUT2D eigenvalue weighted by Gasteiger charge is -2.31. The molecule has 40 heavy (non-hydrogen) atoms. The van der Waals surface area contributed by atoms with Gasteiger partial charge in [0.2, 0.25) is 22.7 Å². The van der Waals surface area contributed by atoms with Gasteiger partial charge < -0.3 is 23.5 Å². The average Bonchev–Trinajstić information content (AvgIpc) is 3.59. The van der Waals surface area contributed by atoms with Crippen LogP contribution in [-0.4, -0.2) is 81.2 Å². The number of aryl methyl sites for hydroxylation is 1. The summed E-state index contributed by atoms with van der Waals surface area (Å²) >= 11 is 3.36. The van der Waals surface area contributed by atoms with E-state index in [1.165, 1.54) is 4.31 Å². The minimum Gasteiger partial charge on any atom is -0.464 e. The average molecular weight is 635 g/mol. The molecule has 0 saturated carbocycles. The van der Waals surface area contributed by atoms with Crippen LogP contribution >= 0.6 is 15.9 Å². The Morgan fingerprint density at radius 2 is 1.73 bits per heavy atom. The van der Waals surface area contributed by atoms with Crippen molar-refractivity contribution in [2.24, 2.45) is 0 Å². The van der Waals surface area contributed by atoms with E-state index in [2.05, 4.69) is 20.8 Å². The Hall–Kier alpha value is -2.90. The molecule has 1 aromatic heterocycles. The van der Waals surface area contributed by atoms with Crippen LogP contribution in [-0.2, 0) is 32.6 Å². The van der Waals surface area contributed by atoms with E-state index in [-0.39, 0.29) is 43.8 Å². The molecule has 0 aliphatic carbocycles. The zero-order valence-electron chi connectivity index (χ0n) is 22.3. The van der Waals surface area contributed by atoms with Crippen molar-refractivity contribution in [3.05, 3.63) is 76.2 Å². The zero-order chi connectivity index (χ0) is 28.1. The number of hydrogen-bond acceptors (Lipinski definition) is 8. The van der Waals surface area contributed by atoms with Crippen molar-refractivity contribution in [2.45, 2.75) is 24.9 Å². The summed E-state index contributed by atoms with van der Waals surface area (Å²) < 4.78 is 51.7. The molecular formula is C28H32BrN3O7S. The highest BCUT2D eigenvalue weighted by molar-refractivity contribution is 9.10. The molecule has 0 N–H and O–H groups in total. The van der Waals surface area contributed by atoms with Gasteiger partial charge in [0.15, 0.2) is 11.5 Å². The van der Waals surface area contributed by atoms with Crippen molar-refractivity contribution < 1.29 is 31.8 Å². The number of sulfonamides is 1. The summed E-state index contributed by atoms with van der Waals surface area (Å²) in [6.45, 7) is 5.41. The number of hydrogen-bond donors (Lipinski definition) is 0. The van der Waals surface area contributed by atoms with Crippen LogP contribution in [0.3, 0.4) is 0 Å². The predicted molar refractivity (Wildman–Crippen MR) is 150 cm³/mol. The summed E-state index contributed by atoms with van der Waals surface area (Å²) in [6, 6.07) is 15.6. The second-order valence-corrected chi connectivity index (χ2v) is 12.5. The van der Waals surface area contributed by atoms with Crippen LogP contribution in [0.15, 0.2) is 68.4 Å². The smallest absolute Gasteiger partial charge is 0.243 e. The lowest BCUT2D eigenvalue weighted by atomic mass is 10.2. The van der Waals surface area contributed by atoms with Crippen molar-refractivity contribution in [3.8, 4) is 11.5 Å². The minimum atomic E-state index is -3.95. The Kier molecular flexibility index (Phi) is 9.11. The van der Waals surface area contributed by atoms with Crippen LogP contribution in [0, 0.1) is 6.92 Å². The van der Waals surface area contributed by atoms with Gasteiger partial charge in [-0.3, -0.25) is 9.69 Å². The van der Waals surface area contributed by atoms with E-state index in [1.807, 2.05) is 37.3 Å². The van der Waals surface area contributed by atoms with Crippen molar-refractivity contribution in [3.63, 3.8) is 0 Å². The van der Waals surface area contributed by atoms with Gasteiger partial charge >= 0.3 is 0 Å². The highest BCUT2D eigenvalue weighted by atomic mass is 79.9. The normalized spacial score (nSPS) is 15.5. The zero-order valence-corrected chi connectivity index (χ0v) is 24.7. The van der Waals surface area contributed by atoms with Gasteiger partial charge in [0.25, 0.3) is 0 Å². The molecule has 0 spiro atoms. The Morgan fingerprint density at radius 1 is 0.975 bits per heavy atom. The largest absolute Gasteiger partial charge is 0.464 e. The maximum Gasteiger partial charge on any atom is 0.243 e. The SMILES string of the molecule is Cc1ccc(CN(Cc2ccc3c(c2)OCO3)C(=O)CN(CCN2CCOCC2)S(=O)(=O)c2ccc(Br)cc2)o1. The maximum absolute atomic E-state index is 13.9. The van der Waals surface area contributed by atoms with E-state index in [0.29, 0.717) is 50.1 Å². The second kappa shape index (κ2) is 12.7. The van der Waals surface area contributed by atoms with Crippen LogP contribution in [0.5, 0.6) is 11.5 Å². The van der Waals surface area contributed by atoms with E-state index in [4.69, 9.17) is 18.6 Å². The molecule has 0 bridgehead atoms. The Balaban J connectivity index is 1.39. The molecule has 0 atom stereocenters. The Morgan fingerprint density at radius 3 is 2.45 bits per heavy atom. The number of morpholine rings is 1. The lowest BCUT2D eigenvalue weighted by molar-refractivity contribution is -0.133. The summed E-state index contributed by atoms with van der Waals surface area (Å²) in [6.07, 6.45) is 0. The first-order valence-corrected chi connectivity index (χ1v) is 15.3. The Labute approximate surface area is 242 Å². The third kappa shape index (κ3) is 7.05. The van der Waals surface area contributed by atoms with Crippen LogP contribution in [0.25, 0.3) is 0 Å². The molecule has 3 aromatic rings. The molecule has 3 heterocycles. The van der Waals surface area contributed by atoms with Gasteiger partial charge in [-0.15, -0.1) is 0 Å². The predicted octanol–water partition coefficient (Wildman–Crippen LogP) is 3.63. The summed E-state index contributed by atoms with van der Waals surface area (Å²) in [4.78, 5) is 17.8. The van der Waals surface area contributed by atoms with E-state index in [1.54, 1.807) is 29.2 Å². The Bertz CT molecular complexity index is 1420. The summed E-state index contributed by atoms with van der Waals surface area (Å²) in [5.41, 5.74) is 0.830. The summed E-state index contributed by atoms with van der Waals surface area (Å²) in [7, 11) is -3.95. The first-order chi connectivity index (χ1) is 19.3. The summed E-state index contributed by atoms with van der Waals surface area (Å²) in [5.74, 6) is 2.27. The van der Waals surface area contributed by atoms with Gasteiger partial charge in [0.1, 0.15) is 11.5 Å². The molecule has 0 radical (unpaired) electrons. The molecule has 10 nitrogen and oxygen atoms in total. The van der Waals surface area contributed by atoms with Gasteiger partial charge in [-0.1, -0.05) is 22.0 Å². The molecule has 1 amide bonds. The van der Waals surface area contributed by atoms with Gasteiger partial charge in [0, 0.05) is 37.2 Å². The second-order valence-electron chi connectivity index (χ2n) is 9.70. The standard InChI is InChI=1S/C28H32BrN3O7S/c1-21-2-6-24(39-21)18-31(17-22-3-9-26-27(16-22)38-20-37-26)28(33)19-32(11-10-30-12-14-36-15-13-30)40(34,35)25-7-4-23(29)5-8-25/h2-9,16H,10-15,17-20H2,1H3. The molecule has 214 valence electrons. The summed E-state index contributed by atoms with van der Waals surface area (Å²) in [5, 5.41) is 0. The molecule has 2 aromatic carbocycles. The molecule has 1 saturated heterocycles. The van der Waals surface area contributed by atoms with Crippen LogP contribution in [0.1, 0.15) is 17.1 Å². The van der Waals surface area contributed by atoms with E-state index in [9.17, 15) is 13.2 Å². The topological polar surface area (TPSA) is 102 Å². The number of carbonyl (C=O) groups excluding carboxylic acids is 1. The van der Waals surface area contributed by atoms with E-state index < -0.39 is 10.0 Å². The van der Waals surface area contributed by atoms with Crippen molar-refractivity contribution in [1.82, 2.24) is 14.1 Å². The molecule has 2 aliphatic heterocycles. The lowest BCUT2D eigenvalue weighted by Crippen LogP contribution is -2.47. The van der Waals surface area contributed by atoms with Gasteiger partial charge in [-0.25, -0.2) is 8.42 Å². The number of fused-ring (bicyclic) bond motifs is 1. The first kappa shape index (κ1) is 28.6. The van der Waals surface area contributed by atoms with Gasteiger partial charge in [0.05, 0.1) is 31.2 Å². The van der Waals surface area contributed by atoms with E-state index in [0.717, 1.165) is 15.8 Å². The molecule has 0 unspecified atom stereocenters. The number of carbonyl (C=O) groups is 1. The van der Waals surface area contributed by atoms with Crippen LogP contribution in [0.4, 0.5) is 0 Å². The number of halogens is 1. The number of amides is 1. The van der Waals surface area contributed by atoms with Crippen molar-refractivity contribution in [2.75, 3.05) is 52.7 Å². The third-order valence-corrected chi connectivity index (χ3v) is 9.23. The van der Waals surface area contributed by atoms with Crippen molar-refractivity contribution >= 4 is 31.9 Å². The third-order valence-electron chi connectivity index (χ3n) is 6.84. The molecule has 1 fully saturated rings. The van der Waals surface area contributed by atoms with Gasteiger partial charge in [-0.2, -0.15) is 4.31 Å². The fourth-order valence-corrected chi connectivity index (χ4v) is 6.26. The molecule has 2 aliphatic rings. The maximum atomic E-state index is 13.9. The van der Waals surface area contributed by atoms with Crippen LogP contribution < -0.4 is 9.47 Å². The highest BCUT2D eigenvalue weighted by Gasteiger charge is 2.30. The van der Waals surface area contributed by atoms with Crippen molar-refractivity contribution in [1.29, 1.82) is 0 Å². The fourth-order valence-electron chi connectivity index (χ4n) is 4.62. The highest BCUT2D eigenvalue weighted by Crippen LogP contribution is 2.33. The van der Waals surface area contributed by atoms with Gasteiger partial charge in [-0.05, 0) is 61.0 Å². The number of rotatable bonds is 11. The molecule has 5 rings (SSSR count). The van der Waals surface area contributed by atoms with Crippen LogP contribution in [0.2, 0.25) is 0 Å². The number of nitrogens with zero attached hydrogens (tertiary/aromatic N) is 3. The number of furan rings is 1. The molecule has 12 heteroatoms. The molecular weight excluding hydrogens is 602 g/mol. The number of ether oxygens (including phenoxy) is 3. The minimum absolute atomic E-state index is 0.134. The first-order valence-electron chi connectivity index (χ1n) is 13.1.